The van der Waals surface area contributed by atoms with Gasteiger partial charge >= 0.3 is 0 Å². The standard InChI is InChI=1S/C22H25NO6.CH4O2S2/c1-12(24)23-16-8-6-13-10-19(27-3)21(28-4)22(29-5)20(13)14-7-9-18(26-2)17(25)11-15(14)16;1-5(2,3)4/h7,9-11,16H,6,8H2,1-5H3,(H,23,24);1H3,(H,2,3,4)/t16-;/m0./s1. The molecule has 1 aliphatic carbocycles. The van der Waals surface area contributed by atoms with Crippen LogP contribution in [0.25, 0.3) is 11.1 Å². The van der Waals surface area contributed by atoms with E-state index in [0.717, 1.165) is 22.9 Å². The molecule has 0 bridgehead atoms. The van der Waals surface area contributed by atoms with E-state index in [4.69, 9.17) is 23.5 Å². The average Bonchev–Trinajstić information content (AvgIpc) is 2.99. The molecule has 0 saturated heterocycles. The molecular weight excluding hydrogens is 482 g/mol. The number of carbonyl (C=O) groups excluding carboxylic acids is 1. The molecule has 186 valence electrons. The molecule has 0 spiro atoms. The van der Waals surface area contributed by atoms with Gasteiger partial charge in [0.05, 0.1) is 34.5 Å². The van der Waals surface area contributed by atoms with E-state index in [-0.39, 0.29) is 23.1 Å². The zero-order valence-corrected chi connectivity index (χ0v) is 21.6. The second-order valence-electron chi connectivity index (χ2n) is 7.48. The lowest BCUT2D eigenvalue weighted by atomic mass is 9.95. The first-order valence-electron chi connectivity index (χ1n) is 10.2. The molecule has 2 N–H and O–H groups in total. The van der Waals surface area contributed by atoms with Gasteiger partial charge in [-0.2, -0.15) is 0 Å². The van der Waals surface area contributed by atoms with E-state index >= 15 is 0 Å². The summed E-state index contributed by atoms with van der Waals surface area (Å²) in [6.45, 7) is 1.46. The van der Waals surface area contributed by atoms with E-state index in [1.165, 1.54) is 20.1 Å². The van der Waals surface area contributed by atoms with E-state index in [0.29, 0.717) is 35.7 Å². The lowest BCUT2D eigenvalue weighted by molar-refractivity contribution is -0.119. The van der Waals surface area contributed by atoms with Crippen LogP contribution in [-0.2, 0) is 31.2 Å². The number of hydrogen-bond donors (Lipinski definition) is 2. The fourth-order valence-corrected chi connectivity index (χ4v) is 3.86. The van der Waals surface area contributed by atoms with Crippen LogP contribution in [0.2, 0.25) is 0 Å². The predicted octanol–water partition coefficient (Wildman–Crippen LogP) is 2.71. The molecule has 0 heterocycles. The molecule has 34 heavy (non-hydrogen) atoms. The lowest BCUT2D eigenvalue weighted by Crippen LogP contribution is -2.26. The van der Waals surface area contributed by atoms with Crippen molar-refractivity contribution >= 4 is 25.9 Å². The van der Waals surface area contributed by atoms with E-state index in [1.54, 1.807) is 27.4 Å². The van der Waals surface area contributed by atoms with Gasteiger partial charge in [-0.15, -0.1) is 0 Å². The molecule has 0 aliphatic heterocycles. The Morgan fingerprint density at radius 3 is 2.15 bits per heavy atom. The van der Waals surface area contributed by atoms with Gasteiger partial charge in [-0.1, -0.05) is 6.07 Å². The Kier molecular flexibility index (Phi) is 9.25. The number of rotatable bonds is 5. The molecular formula is C23H29NO8S2. The summed E-state index contributed by atoms with van der Waals surface area (Å²) in [5.41, 5.74) is 3.01. The minimum atomic E-state index is -2.83. The van der Waals surface area contributed by atoms with E-state index in [1.807, 2.05) is 12.1 Å². The van der Waals surface area contributed by atoms with Crippen LogP contribution in [0.4, 0.5) is 0 Å². The SMILES string of the molecule is COc1cc2c(c(OC)c1OC)-c1ccc(OC)c(=O)cc1[C@@H](NC(C)=O)CC2.CS(=O)(O)=S. The number of methoxy groups -OCH3 is 4. The number of ether oxygens (including phenoxy) is 4. The van der Waals surface area contributed by atoms with Crippen LogP contribution in [0.3, 0.4) is 0 Å². The summed E-state index contributed by atoms with van der Waals surface area (Å²) < 4.78 is 39.4. The quantitative estimate of drug-likeness (QED) is 0.624. The second-order valence-corrected chi connectivity index (χ2v) is 10.8. The van der Waals surface area contributed by atoms with Gasteiger partial charge in [0, 0.05) is 29.9 Å². The fourth-order valence-electron chi connectivity index (χ4n) is 3.86. The third-order valence-electron chi connectivity index (χ3n) is 5.10. The third kappa shape index (κ3) is 6.58. The minimum absolute atomic E-state index is 0.167. The molecule has 0 saturated carbocycles. The normalized spacial score (nSPS) is 15.7. The van der Waals surface area contributed by atoms with Crippen molar-refractivity contribution < 1.29 is 32.5 Å². The first-order chi connectivity index (χ1) is 15.9. The van der Waals surface area contributed by atoms with Crippen LogP contribution in [0.5, 0.6) is 23.0 Å². The van der Waals surface area contributed by atoms with Gasteiger partial charge < -0.3 is 28.8 Å². The smallest absolute Gasteiger partial charge is 0.220 e. The van der Waals surface area contributed by atoms with Crippen LogP contribution in [0.15, 0.2) is 29.1 Å². The van der Waals surface area contributed by atoms with Gasteiger partial charge in [-0.3, -0.25) is 9.59 Å². The van der Waals surface area contributed by atoms with Crippen molar-refractivity contribution in [3.05, 3.63) is 45.6 Å². The highest BCUT2D eigenvalue weighted by Crippen LogP contribution is 2.50. The maximum absolute atomic E-state index is 12.6. The highest BCUT2D eigenvalue weighted by atomic mass is 32.8. The highest BCUT2D eigenvalue weighted by Gasteiger charge is 2.29. The largest absolute Gasteiger partial charge is 0.493 e. The van der Waals surface area contributed by atoms with Gasteiger partial charge in [0.25, 0.3) is 0 Å². The van der Waals surface area contributed by atoms with Crippen LogP contribution >= 0.6 is 0 Å². The molecule has 11 heteroatoms. The zero-order valence-electron chi connectivity index (χ0n) is 19.9. The van der Waals surface area contributed by atoms with Crippen LogP contribution in [0.1, 0.15) is 30.5 Å². The molecule has 0 fully saturated rings. The minimum Gasteiger partial charge on any atom is -0.493 e. The number of carbonyl (C=O) groups is 1. The van der Waals surface area contributed by atoms with Crippen LogP contribution in [0, 0.1) is 0 Å². The summed E-state index contributed by atoms with van der Waals surface area (Å²) in [6, 6.07) is 6.57. The Morgan fingerprint density at radius 2 is 1.65 bits per heavy atom. The molecule has 1 amide bonds. The van der Waals surface area contributed by atoms with E-state index in [2.05, 4.69) is 16.5 Å². The van der Waals surface area contributed by atoms with Crippen molar-refractivity contribution in [2.24, 2.45) is 0 Å². The Bertz CT molecular complexity index is 1220. The summed E-state index contributed by atoms with van der Waals surface area (Å²) in [4.78, 5) is 24.5. The van der Waals surface area contributed by atoms with Gasteiger partial charge in [0.2, 0.25) is 17.1 Å². The number of benzene rings is 1. The number of aryl methyl sites for hydroxylation is 1. The molecule has 2 aromatic carbocycles. The van der Waals surface area contributed by atoms with Gasteiger partial charge in [-0.25, -0.2) is 4.21 Å². The number of nitrogens with one attached hydrogen (secondary N) is 1. The van der Waals surface area contributed by atoms with Crippen molar-refractivity contribution in [1.29, 1.82) is 0 Å². The predicted molar refractivity (Wildman–Crippen MR) is 133 cm³/mol. The Balaban J connectivity index is 0.000000739. The first-order valence-corrected chi connectivity index (χ1v) is 13.0. The highest BCUT2D eigenvalue weighted by molar-refractivity contribution is 8.29. The number of amides is 1. The van der Waals surface area contributed by atoms with Crippen molar-refractivity contribution in [3.63, 3.8) is 0 Å². The maximum Gasteiger partial charge on any atom is 0.220 e. The summed E-state index contributed by atoms with van der Waals surface area (Å²) in [7, 11) is 3.31. The Labute approximate surface area is 203 Å². The van der Waals surface area contributed by atoms with Crippen molar-refractivity contribution in [1.82, 2.24) is 5.32 Å². The molecule has 2 atom stereocenters. The van der Waals surface area contributed by atoms with E-state index < -0.39 is 8.77 Å². The molecule has 1 aliphatic rings. The van der Waals surface area contributed by atoms with Gasteiger partial charge in [0.1, 0.15) is 8.77 Å². The Hall–Kier alpha value is -2.89. The zero-order chi connectivity index (χ0) is 25.6. The molecule has 0 aromatic heterocycles. The second kappa shape index (κ2) is 11.5. The molecule has 0 radical (unpaired) electrons. The van der Waals surface area contributed by atoms with Gasteiger partial charge in [-0.05, 0) is 47.7 Å². The summed E-state index contributed by atoms with van der Waals surface area (Å²) in [5, 5.41) is 2.96. The van der Waals surface area contributed by atoms with Crippen molar-refractivity contribution in [2.45, 2.75) is 25.8 Å². The van der Waals surface area contributed by atoms with Crippen LogP contribution < -0.4 is 29.7 Å². The monoisotopic (exact) mass is 511 g/mol. The summed E-state index contributed by atoms with van der Waals surface area (Å²) in [6.07, 6.45) is 2.35. The van der Waals surface area contributed by atoms with Gasteiger partial charge in [0.15, 0.2) is 17.2 Å². The van der Waals surface area contributed by atoms with Crippen LogP contribution in [-0.4, -0.2) is 49.4 Å². The average molecular weight is 512 g/mol. The lowest BCUT2D eigenvalue weighted by Gasteiger charge is -2.19. The fraction of sp³-hybridized carbons (Fsp3) is 0.391. The summed E-state index contributed by atoms with van der Waals surface area (Å²) in [5.74, 6) is 1.60. The molecule has 2 aromatic rings. The third-order valence-corrected chi connectivity index (χ3v) is 5.10. The summed E-state index contributed by atoms with van der Waals surface area (Å²) >= 11 is 3.91. The van der Waals surface area contributed by atoms with Crippen molar-refractivity contribution in [2.75, 3.05) is 34.7 Å². The van der Waals surface area contributed by atoms with Crippen molar-refractivity contribution in [3.8, 4) is 34.1 Å². The number of fused-ring (bicyclic) bond motifs is 3. The molecule has 3 rings (SSSR count). The maximum atomic E-state index is 12.6. The molecule has 9 nitrogen and oxygen atoms in total. The topological polar surface area (TPSA) is 120 Å². The van der Waals surface area contributed by atoms with E-state index in [9.17, 15) is 13.8 Å². The first kappa shape index (κ1) is 27.4. The number of hydrogen-bond acceptors (Lipinski definition) is 8. The Morgan fingerprint density at radius 1 is 1.06 bits per heavy atom. The molecule has 1 unspecified atom stereocenters.